The van der Waals surface area contributed by atoms with Crippen LogP contribution < -0.4 is 0 Å². The number of alkyl halides is 3. The fourth-order valence-electron chi connectivity index (χ4n) is 2.53. The van der Waals surface area contributed by atoms with E-state index < -0.39 is 12.0 Å². The van der Waals surface area contributed by atoms with Gasteiger partial charge in [0.25, 0.3) is 0 Å². The molecule has 0 aliphatic heterocycles. The number of nitrogens with one attached hydrogen (secondary N) is 2. The van der Waals surface area contributed by atoms with Gasteiger partial charge < -0.3 is 9.97 Å². The van der Waals surface area contributed by atoms with Gasteiger partial charge in [0.1, 0.15) is 5.82 Å². The van der Waals surface area contributed by atoms with Crippen LogP contribution in [0.2, 0.25) is 0 Å². The number of benzene rings is 2. The number of fused-ring (bicyclic) bond motifs is 2. The number of hydrogen-bond acceptors (Lipinski definition) is 2. The van der Waals surface area contributed by atoms with E-state index in [1.54, 1.807) is 30.3 Å². The number of hydrogen-bond donors (Lipinski definition) is 2. The number of halogens is 3. The third kappa shape index (κ3) is 2.29. The molecule has 118 valence electrons. The van der Waals surface area contributed by atoms with Gasteiger partial charge in [-0.05, 0) is 36.4 Å². The van der Waals surface area contributed by atoms with Gasteiger partial charge in [-0.3, -0.25) is 0 Å². The molecular weight excluding hydrogens is 317 g/mol. The molecule has 0 aliphatic rings. The molecule has 0 aliphatic carbocycles. The zero-order valence-corrected chi connectivity index (χ0v) is 12.1. The fourth-order valence-corrected chi connectivity index (χ4v) is 2.53. The minimum atomic E-state index is -4.51. The number of nitrogens with zero attached hydrogens (tertiary/aromatic N) is 2. The lowest BCUT2D eigenvalue weighted by atomic mass is 10.2. The number of terminal acetylenes is 1. The zero-order valence-electron chi connectivity index (χ0n) is 12.1. The molecule has 24 heavy (non-hydrogen) atoms. The van der Waals surface area contributed by atoms with Crippen LogP contribution in [0.1, 0.15) is 11.4 Å². The summed E-state index contributed by atoms with van der Waals surface area (Å²) < 4.78 is 38.2. The van der Waals surface area contributed by atoms with Crippen LogP contribution in [0.15, 0.2) is 36.4 Å². The van der Waals surface area contributed by atoms with Gasteiger partial charge in [-0.1, -0.05) is 5.92 Å². The second-order valence-electron chi connectivity index (χ2n) is 5.28. The zero-order chi connectivity index (χ0) is 16.9. The first kappa shape index (κ1) is 14.3. The van der Waals surface area contributed by atoms with Gasteiger partial charge in [0.2, 0.25) is 5.82 Å². The summed E-state index contributed by atoms with van der Waals surface area (Å²) in [6.45, 7) is 0. The molecule has 4 nitrogen and oxygen atoms in total. The second kappa shape index (κ2) is 4.86. The molecular formula is C17H9F3N4. The summed E-state index contributed by atoms with van der Waals surface area (Å²) in [4.78, 5) is 13.4. The minimum absolute atomic E-state index is 0.247. The van der Waals surface area contributed by atoms with Crippen LogP contribution in [0.5, 0.6) is 0 Å². The summed E-state index contributed by atoms with van der Waals surface area (Å²) in [6.07, 6.45) is 0.861. The molecule has 0 bridgehead atoms. The first-order valence-corrected chi connectivity index (χ1v) is 6.98. The van der Waals surface area contributed by atoms with Crippen molar-refractivity contribution in [3.05, 3.63) is 47.8 Å². The highest BCUT2D eigenvalue weighted by molar-refractivity contribution is 5.84. The van der Waals surface area contributed by atoms with E-state index in [4.69, 9.17) is 6.42 Å². The maximum atomic E-state index is 12.7. The highest BCUT2D eigenvalue weighted by Gasteiger charge is 2.34. The van der Waals surface area contributed by atoms with Crippen molar-refractivity contribution in [1.82, 2.24) is 19.9 Å². The molecule has 2 aromatic carbocycles. The SMILES string of the molecule is C#Cc1ccc2nc(-c3ccc4nc(C(F)(F)F)[nH]c4c3)[nH]c2c1. The van der Waals surface area contributed by atoms with E-state index in [1.807, 2.05) is 0 Å². The van der Waals surface area contributed by atoms with E-state index in [2.05, 4.69) is 25.9 Å². The second-order valence-corrected chi connectivity index (χ2v) is 5.28. The predicted octanol–water partition coefficient (Wildman–Crippen LogP) is 4.11. The van der Waals surface area contributed by atoms with Gasteiger partial charge in [0.05, 0.1) is 22.1 Å². The third-order valence-corrected chi connectivity index (χ3v) is 3.67. The topological polar surface area (TPSA) is 57.4 Å². The lowest BCUT2D eigenvalue weighted by molar-refractivity contribution is -0.144. The van der Waals surface area contributed by atoms with Crippen molar-refractivity contribution in [2.45, 2.75) is 6.18 Å². The quantitative estimate of drug-likeness (QED) is 0.517. The summed E-state index contributed by atoms with van der Waals surface area (Å²) in [6, 6.07) is 10.1. The molecule has 0 amide bonds. The lowest BCUT2D eigenvalue weighted by Crippen LogP contribution is -2.06. The van der Waals surface area contributed by atoms with Crippen LogP contribution in [0.3, 0.4) is 0 Å². The Labute approximate surface area is 133 Å². The van der Waals surface area contributed by atoms with Crippen molar-refractivity contribution in [3.63, 3.8) is 0 Å². The molecule has 0 spiro atoms. The van der Waals surface area contributed by atoms with Crippen LogP contribution >= 0.6 is 0 Å². The normalized spacial score (nSPS) is 11.9. The van der Waals surface area contributed by atoms with Crippen LogP contribution in [0.25, 0.3) is 33.5 Å². The van der Waals surface area contributed by atoms with E-state index in [1.165, 1.54) is 6.07 Å². The lowest BCUT2D eigenvalue weighted by Gasteiger charge is -1.99. The van der Waals surface area contributed by atoms with Gasteiger partial charge in [0, 0.05) is 11.1 Å². The first-order chi connectivity index (χ1) is 11.4. The predicted molar refractivity (Wildman–Crippen MR) is 84.1 cm³/mol. The average Bonchev–Trinajstić information content (AvgIpc) is 3.16. The Morgan fingerprint density at radius 2 is 1.62 bits per heavy atom. The fraction of sp³-hybridized carbons (Fsp3) is 0.0588. The molecule has 0 saturated carbocycles. The first-order valence-electron chi connectivity index (χ1n) is 6.98. The molecule has 7 heteroatoms. The monoisotopic (exact) mass is 326 g/mol. The van der Waals surface area contributed by atoms with Crippen LogP contribution in [-0.2, 0) is 6.18 Å². The summed E-state index contributed by atoms with van der Waals surface area (Å²) in [5.41, 5.74) is 3.40. The molecule has 0 radical (unpaired) electrons. The number of H-pyrrole nitrogens is 2. The third-order valence-electron chi connectivity index (χ3n) is 3.67. The van der Waals surface area contributed by atoms with E-state index in [9.17, 15) is 13.2 Å². The average molecular weight is 326 g/mol. The summed E-state index contributed by atoms with van der Waals surface area (Å²) in [5.74, 6) is 2.07. The Bertz CT molecular complexity index is 1110. The Morgan fingerprint density at radius 3 is 2.38 bits per heavy atom. The number of rotatable bonds is 1. The van der Waals surface area contributed by atoms with Crippen LogP contribution in [0, 0.1) is 12.3 Å². The smallest absolute Gasteiger partial charge is 0.338 e. The van der Waals surface area contributed by atoms with Crippen molar-refractivity contribution in [3.8, 4) is 23.7 Å². The van der Waals surface area contributed by atoms with Gasteiger partial charge in [0.15, 0.2) is 0 Å². The summed E-state index contributed by atoms with van der Waals surface area (Å²) >= 11 is 0. The van der Waals surface area contributed by atoms with Gasteiger partial charge in [-0.25, -0.2) is 9.97 Å². The highest BCUT2D eigenvalue weighted by atomic mass is 19.4. The van der Waals surface area contributed by atoms with Gasteiger partial charge in [-0.2, -0.15) is 13.2 Å². The minimum Gasteiger partial charge on any atom is -0.338 e. The Balaban J connectivity index is 1.82. The molecule has 0 saturated heterocycles. The van der Waals surface area contributed by atoms with E-state index in [0.717, 1.165) is 16.6 Å². The number of aromatic nitrogens is 4. The maximum absolute atomic E-state index is 12.7. The molecule has 2 N–H and O–H groups in total. The van der Waals surface area contributed by atoms with Crippen LogP contribution in [0.4, 0.5) is 13.2 Å². The summed E-state index contributed by atoms with van der Waals surface area (Å²) in [5, 5.41) is 0. The number of imidazole rings is 2. The highest BCUT2D eigenvalue weighted by Crippen LogP contribution is 2.30. The van der Waals surface area contributed by atoms with E-state index >= 15 is 0 Å². The number of aromatic amines is 2. The molecule has 0 fully saturated rings. The summed E-state index contributed by atoms with van der Waals surface area (Å²) in [7, 11) is 0. The molecule has 2 heterocycles. The Hall–Kier alpha value is -3.27. The molecule has 0 unspecified atom stereocenters. The standard InChI is InChI=1S/C17H9F3N4/c1-2-9-3-5-11-13(7-9)22-15(21-11)10-4-6-12-14(8-10)24-16(23-12)17(18,19)20/h1,3-8H,(H,21,22)(H,23,24). The van der Waals surface area contributed by atoms with E-state index in [-0.39, 0.29) is 5.52 Å². The molecule has 4 rings (SSSR count). The Kier molecular flexibility index (Phi) is 2.90. The van der Waals surface area contributed by atoms with Crippen LogP contribution in [-0.4, -0.2) is 19.9 Å². The van der Waals surface area contributed by atoms with E-state index in [0.29, 0.717) is 16.9 Å². The van der Waals surface area contributed by atoms with Crippen molar-refractivity contribution in [2.24, 2.45) is 0 Å². The molecule has 2 aromatic heterocycles. The van der Waals surface area contributed by atoms with Crippen molar-refractivity contribution >= 4 is 22.1 Å². The molecule has 4 aromatic rings. The Morgan fingerprint density at radius 1 is 0.917 bits per heavy atom. The van der Waals surface area contributed by atoms with Crippen molar-refractivity contribution in [2.75, 3.05) is 0 Å². The largest absolute Gasteiger partial charge is 0.449 e. The maximum Gasteiger partial charge on any atom is 0.449 e. The van der Waals surface area contributed by atoms with Gasteiger partial charge in [-0.15, -0.1) is 6.42 Å². The molecule has 0 atom stereocenters. The van der Waals surface area contributed by atoms with Gasteiger partial charge >= 0.3 is 6.18 Å². The van der Waals surface area contributed by atoms with Crippen molar-refractivity contribution < 1.29 is 13.2 Å². The van der Waals surface area contributed by atoms with Crippen molar-refractivity contribution in [1.29, 1.82) is 0 Å².